The van der Waals surface area contributed by atoms with E-state index in [1.54, 1.807) is 13.2 Å². The highest BCUT2D eigenvalue weighted by atomic mass is 35.5. The van der Waals surface area contributed by atoms with Crippen LogP contribution in [-0.4, -0.2) is 54.3 Å². The molecule has 2 heterocycles. The second kappa shape index (κ2) is 7.94. The fourth-order valence-corrected chi connectivity index (χ4v) is 3.63. The summed E-state index contributed by atoms with van der Waals surface area (Å²) in [4.78, 5) is 16.9. The molecule has 1 N–H and O–H groups in total. The number of nitrogens with one attached hydrogen (secondary N) is 1. The molecule has 1 aliphatic rings. The molecule has 0 radical (unpaired) electrons. The van der Waals surface area contributed by atoms with Gasteiger partial charge in [-0.2, -0.15) is 5.10 Å². The first-order chi connectivity index (χ1) is 13.7. The molecule has 0 aliphatic carbocycles. The van der Waals surface area contributed by atoms with Crippen LogP contribution in [0.25, 0.3) is 11.3 Å². The lowest BCUT2D eigenvalue weighted by Gasteiger charge is -2.36. The van der Waals surface area contributed by atoms with E-state index < -0.39 is 0 Å². The maximum absolute atomic E-state index is 12.8. The van der Waals surface area contributed by atoms with Gasteiger partial charge >= 0.3 is 0 Å². The van der Waals surface area contributed by atoms with E-state index >= 15 is 0 Å². The Hall–Kier alpha value is -2.99. The van der Waals surface area contributed by atoms with Gasteiger partial charge in [-0.1, -0.05) is 23.7 Å². The number of aromatic nitrogens is 2. The number of anilines is 1. The summed E-state index contributed by atoms with van der Waals surface area (Å²) < 4.78 is 5.17. The molecule has 1 saturated heterocycles. The molecule has 0 spiro atoms. The summed E-state index contributed by atoms with van der Waals surface area (Å²) in [5.74, 6) is 0.748. The molecule has 4 rings (SSSR count). The lowest BCUT2D eigenvalue weighted by atomic mass is 10.1. The van der Waals surface area contributed by atoms with Crippen LogP contribution in [-0.2, 0) is 0 Å². The number of hydrogen-bond donors (Lipinski definition) is 1. The van der Waals surface area contributed by atoms with Crippen molar-refractivity contribution in [3.05, 3.63) is 65.3 Å². The summed E-state index contributed by atoms with van der Waals surface area (Å²) in [6, 6.07) is 17.2. The Balaban J connectivity index is 1.42. The molecule has 28 heavy (non-hydrogen) atoms. The van der Waals surface area contributed by atoms with E-state index in [-0.39, 0.29) is 5.91 Å². The summed E-state index contributed by atoms with van der Waals surface area (Å²) in [5.41, 5.74) is 3.18. The summed E-state index contributed by atoms with van der Waals surface area (Å²) >= 11 is 6.29. The maximum atomic E-state index is 12.8. The minimum absolute atomic E-state index is 0.0360. The van der Waals surface area contributed by atoms with Crippen LogP contribution in [0.2, 0.25) is 5.02 Å². The van der Waals surface area contributed by atoms with Crippen molar-refractivity contribution in [2.45, 2.75) is 0 Å². The fourth-order valence-electron chi connectivity index (χ4n) is 3.37. The van der Waals surface area contributed by atoms with Crippen molar-refractivity contribution >= 4 is 23.2 Å². The molecular weight excluding hydrogens is 376 g/mol. The third-order valence-corrected chi connectivity index (χ3v) is 5.27. The van der Waals surface area contributed by atoms with E-state index in [0.29, 0.717) is 18.8 Å². The number of amides is 1. The Morgan fingerprint density at radius 2 is 1.79 bits per heavy atom. The van der Waals surface area contributed by atoms with Crippen molar-refractivity contribution in [2.24, 2.45) is 0 Å². The van der Waals surface area contributed by atoms with Gasteiger partial charge in [0.05, 0.1) is 23.5 Å². The highest BCUT2D eigenvalue weighted by Gasteiger charge is 2.24. The Morgan fingerprint density at radius 1 is 1.07 bits per heavy atom. The molecule has 1 fully saturated rings. The summed E-state index contributed by atoms with van der Waals surface area (Å²) in [7, 11) is 1.63. The SMILES string of the molecule is COc1ccc(-c2cc(C(=O)N3CCN(c4ccccc4Cl)CC3)[nH]n2)cc1. The smallest absolute Gasteiger partial charge is 0.272 e. The van der Waals surface area contributed by atoms with Gasteiger partial charge in [0.2, 0.25) is 0 Å². The van der Waals surface area contributed by atoms with Gasteiger partial charge in [0.15, 0.2) is 0 Å². The van der Waals surface area contributed by atoms with E-state index in [9.17, 15) is 4.79 Å². The van der Waals surface area contributed by atoms with E-state index in [2.05, 4.69) is 15.1 Å². The van der Waals surface area contributed by atoms with Gasteiger partial charge in [0.25, 0.3) is 5.91 Å². The Morgan fingerprint density at radius 3 is 2.46 bits per heavy atom. The van der Waals surface area contributed by atoms with Crippen LogP contribution in [0.5, 0.6) is 5.75 Å². The lowest BCUT2D eigenvalue weighted by Crippen LogP contribution is -2.49. The first-order valence-electron chi connectivity index (χ1n) is 9.14. The number of H-pyrrole nitrogens is 1. The highest BCUT2D eigenvalue weighted by Crippen LogP contribution is 2.26. The van der Waals surface area contributed by atoms with E-state index in [1.807, 2.05) is 53.4 Å². The standard InChI is InChI=1S/C21H21ClN4O2/c1-28-16-8-6-15(7-9-16)18-14-19(24-23-18)21(27)26-12-10-25(11-13-26)20-5-3-2-4-17(20)22/h2-9,14H,10-13H2,1H3,(H,23,24). The molecule has 7 heteroatoms. The van der Waals surface area contributed by atoms with Crippen LogP contribution in [0.3, 0.4) is 0 Å². The van der Waals surface area contributed by atoms with Gasteiger partial charge in [-0.3, -0.25) is 9.89 Å². The number of piperazine rings is 1. The molecule has 1 aliphatic heterocycles. The van der Waals surface area contributed by atoms with Gasteiger partial charge in [-0.25, -0.2) is 0 Å². The normalized spacial score (nSPS) is 14.2. The fraction of sp³-hybridized carbons (Fsp3) is 0.238. The Labute approximate surface area is 168 Å². The van der Waals surface area contributed by atoms with Crippen molar-refractivity contribution < 1.29 is 9.53 Å². The first-order valence-corrected chi connectivity index (χ1v) is 9.52. The van der Waals surface area contributed by atoms with E-state index in [0.717, 1.165) is 40.8 Å². The number of benzene rings is 2. The topological polar surface area (TPSA) is 61.5 Å². The van der Waals surface area contributed by atoms with Crippen molar-refractivity contribution in [1.82, 2.24) is 15.1 Å². The van der Waals surface area contributed by atoms with Crippen molar-refractivity contribution in [3.8, 4) is 17.0 Å². The third kappa shape index (κ3) is 3.68. The molecule has 1 aromatic heterocycles. The second-order valence-corrected chi connectivity index (χ2v) is 7.03. The van der Waals surface area contributed by atoms with Crippen LogP contribution in [0.15, 0.2) is 54.6 Å². The number of ether oxygens (including phenoxy) is 1. The van der Waals surface area contributed by atoms with Gasteiger partial charge < -0.3 is 14.5 Å². The average Bonchev–Trinajstić information content (AvgIpc) is 3.24. The number of nitrogens with zero attached hydrogens (tertiary/aromatic N) is 3. The van der Waals surface area contributed by atoms with Gasteiger partial charge in [0, 0.05) is 31.7 Å². The number of methoxy groups -OCH3 is 1. The molecule has 2 aromatic carbocycles. The largest absolute Gasteiger partial charge is 0.497 e. The molecule has 0 atom stereocenters. The zero-order chi connectivity index (χ0) is 19.5. The zero-order valence-corrected chi connectivity index (χ0v) is 16.3. The van der Waals surface area contributed by atoms with Gasteiger partial charge in [0.1, 0.15) is 11.4 Å². The lowest BCUT2D eigenvalue weighted by molar-refractivity contribution is 0.0741. The van der Waals surface area contributed by atoms with Crippen molar-refractivity contribution in [1.29, 1.82) is 0 Å². The minimum atomic E-state index is -0.0360. The third-order valence-electron chi connectivity index (χ3n) is 4.95. The van der Waals surface area contributed by atoms with Gasteiger partial charge in [-0.05, 0) is 42.5 Å². The molecule has 0 bridgehead atoms. The summed E-state index contributed by atoms with van der Waals surface area (Å²) in [5, 5.41) is 7.90. The summed E-state index contributed by atoms with van der Waals surface area (Å²) in [6.45, 7) is 2.77. The minimum Gasteiger partial charge on any atom is -0.497 e. The molecule has 0 unspecified atom stereocenters. The molecular formula is C21H21ClN4O2. The highest BCUT2D eigenvalue weighted by molar-refractivity contribution is 6.33. The molecule has 6 nitrogen and oxygen atoms in total. The predicted molar refractivity (Wildman–Crippen MR) is 110 cm³/mol. The monoisotopic (exact) mass is 396 g/mol. The van der Waals surface area contributed by atoms with Crippen LogP contribution in [0.4, 0.5) is 5.69 Å². The van der Waals surface area contributed by atoms with Crippen LogP contribution < -0.4 is 9.64 Å². The number of para-hydroxylation sites is 1. The quantitative estimate of drug-likeness (QED) is 0.730. The number of carbonyl (C=O) groups excluding carboxylic acids is 1. The van der Waals surface area contributed by atoms with Gasteiger partial charge in [-0.15, -0.1) is 0 Å². The summed E-state index contributed by atoms with van der Waals surface area (Å²) in [6.07, 6.45) is 0. The first kappa shape index (κ1) is 18.4. The van der Waals surface area contributed by atoms with Crippen LogP contribution in [0, 0.1) is 0 Å². The molecule has 1 amide bonds. The molecule has 0 saturated carbocycles. The van der Waals surface area contributed by atoms with Crippen molar-refractivity contribution in [2.75, 3.05) is 38.2 Å². The number of hydrogen-bond acceptors (Lipinski definition) is 4. The molecule has 144 valence electrons. The average molecular weight is 397 g/mol. The van der Waals surface area contributed by atoms with Crippen molar-refractivity contribution in [3.63, 3.8) is 0 Å². The number of rotatable bonds is 4. The Bertz CT molecular complexity index is 963. The number of carbonyl (C=O) groups is 1. The second-order valence-electron chi connectivity index (χ2n) is 6.63. The van der Waals surface area contributed by atoms with E-state index in [4.69, 9.17) is 16.3 Å². The molecule has 3 aromatic rings. The number of halogens is 1. The zero-order valence-electron chi connectivity index (χ0n) is 15.6. The number of aromatic amines is 1. The van der Waals surface area contributed by atoms with Crippen LogP contribution >= 0.6 is 11.6 Å². The Kier molecular flexibility index (Phi) is 5.21. The van der Waals surface area contributed by atoms with Crippen LogP contribution in [0.1, 0.15) is 10.5 Å². The van der Waals surface area contributed by atoms with E-state index in [1.165, 1.54) is 0 Å². The maximum Gasteiger partial charge on any atom is 0.272 e. The predicted octanol–water partition coefficient (Wildman–Crippen LogP) is 3.70.